The Hall–Kier alpha value is -2.44. The molecule has 0 spiro atoms. The maximum absolute atomic E-state index is 13.1. The summed E-state index contributed by atoms with van der Waals surface area (Å²) >= 11 is 0. The molecule has 7 rings (SSSR count). The summed E-state index contributed by atoms with van der Waals surface area (Å²) in [5.41, 5.74) is 4.04. The number of allylic oxidation sites excluding steroid dienone is 2. The second-order valence-electron chi connectivity index (χ2n) is 15.9. The van der Waals surface area contributed by atoms with Crippen LogP contribution < -0.4 is 9.64 Å². The van der Waals surface area contributed by atoms with Crippen LogP contribution in [0.5, 0.6) is 5.75 Å². The van der Waals surface area contributed by atoms with Crippen molar-refractivity contribution in [3.05, 3.63) is 42.2 Å². The quantitative estimate of drug-likeness (QED) is 0.303. The predicted molar refractivity (Wildman–Crippen MR) is 179 cm³/mol. The van der Waals surface area contributed by atoms with Gasteiger partial charge in [0.25, 0.3) is 0 Å². The van der Waals surface area contributed by atoms with Gasteiger partial charge in [0.15, 0.2) is 5.78 Å². The van der Waals surface area contributed by atoms with E-state index in [9.17, 15) is 9.59 Å². The molecular weight excluding hydrogens is 560 g/mol. The van der Waals surface area contributed by atoms with Crippen molar-refractivity contribution in [3.8, 4) is 5.75 Å². The number of nitrogens with zero attached hydrogens (tertiary/aromatic N) is 2. The van der Waals surface area contributed by atoms with E-state index >= 15 is 0 Å². The van der Waals surface area contributed by atoms with E-state index in [-0.39, 0.29) is 23.9 Å². The molecule has 0 amide bonds. The Morgan fingerprint density at radius 3 is 2.64 bits per heavy atom. The van der Waals surface area contributed by atoms with Crippen LogP contribution in [0.4, 0.5) is 5.69 Å². The van der Waals surface area contributed by atoms with E-state index in [0.717, 1.165) is 87.9 Å². The minimum atomic E-state index is 0.176. The third-order valence-electron chi connectivity index (χ3n) is 13.5. The molecular formula is C39H54N2O4. The highest BCUT2D eigenvalue weighted by atomic mass is 16.5. The number of anilines is 1. The molecule has 7 atom stereocenters. The third-order valence-corrected chi connectivity index (χ3v) is 13.5. The molecule has 5 fully saturated rings. The summed E-state index contributed by atoms with van der Waals surface area (Å²) in [4.78, 5) is 30.1. The molecule has 6 aliphatic rings. The lowest BCUT2D eigenvalue weighted by molar-refractivity contribution is -0.148. The highest BCUT2D eigenvalue weighted by Gasteiger charge is 2.60. The first-order chi connectivity index (χ1) is 21.6. The summed E-state index contributed by atoms with van der Waals surface area (Å²) in [6.45, 7) is 13.5. The van der Waals surface area contributed by atoms with Gasteiger partial charge in [-0.2, -0.15) is 0 Å². The van der Waals surface area contributed by atoms with Gasteiger partial charge in [0.2, 0.25) is 0 Å². The first kappa shape index (κ1) is 31.2. The fourth-order valence-corrected chi connectivity index (χ4v) is 10.8. The molecule has 0 unspecified atom stereocenters. The van der Waals surface area contributed by atoms with Gasteiger partial charge >= 0.3 is 0 Å². The molecule has 0 N–H and O–H groups in total. The number of fused-ring (bicyclic) bond motifs is 6. The fraction of sp³-hybridized carbons (Fsp3) is 0.692. The summed E-state index contributed by atoms with van der Waals surface area (Å²) in [6, 6.07) is 6.54. The Labute approximate surface area is 270 Å². The normalized spacial score (nSPS) is 36.4. The van der Waals surface area contributed by atoms with Crippen LogP contribution in [-0.4, -0.2) is 62.4 Å². The average molecular weight is 615 g/mol. The number of carbonyl (C=O) groups excluding carboxylic acids is 2. The second-order valence-corrected chi connectivity index (χ2v) is 15.9. The number of hydrogen-bond donors (Lipinski definition) is 0. The van der Waals surface area contributed by atoms with Crippen LogP contribution in [0, 0.1) is 34.5 Å². The van der Waals surface area contributed by atoms with E-state index in [1.165, 1.54) is 43.4 Å². The van der Waals surface area contributed by atoms with E-state index in [2.05, 4.69) is 55.5 Å². The number of ether oxygens (including phenoxy) is 2. The van der Waals surface area contributed by atoms with Gasteiger partial charge in [0.05, 0.1) is 6.10 Å². The van der Waals surface area contributed by atoms with Crippen LogP contribution in [0.25, 0.3) is 5.57 Å². The lowest BCUT2D eigenvalue weighted by Gasteiger charge is -2.60. The molecule has 1 aromatic rings. The number of piperazine rings is 1. The van der Waals surface area contributed by atoms with Crippen LogP contribution in [0.3, 0.4) is 0 Å². The number of carbonyl (C=O) groups is 2. The van der Waals surface area contributed by atoms with Crippen LogP contribution in [0.2, 0.25) is 0 Å². The second kappa shape index (κ2) is 12.3. The first-order valence-electron chi connectivity index (χ1n) is 17.9. The van der Waals surface area contributed by atoms with Crippen molar-refractivity contribution in [2.45, 2.75) is 97.0 Å². The van der Waals surface area contributed by atoms with Crippen molar-refractivity contribution in [1.82, 2.24) is 4.90 Å². The number of ketones is 2. The number of likely N-dealkylation sites (N-methyl/N-ethyl adjacent to an activating group) is 1. The summed E-state index contributed by atoms with van der Waals surface area (Å²) in [7, 11) is 2.17. The smallest absolute Gasteiger partial charge is 0.158 e. The molecule has 244 valence electrons. The van der Waals surface area contributed by atoms with E-state index in [1.807, 2.05) is 6.08 Å². The molecule has 1 saturated heterocycles. The Morgan fingerprint density at radius 1 is 1.02 bits per heavy atom. The molecule has 0 radical (unpaired) electrons. The van der Waals surface area contributed by atoms with Crippen molar-refractivity contribution in [2.75, 3.05) is 44.7 Å². The van der Waals surface area contributed by atoms with Gasteiger partial charge in [-0.05, 0) is 123 Å². The van der Waals surface area contributed by atoms with E-state index in [0.29, 0.717) is 35.2 Å². The van der Waals surface area contributed by atoms with Crippen LogP contribution >= 0.6 is 0 Å². The SMILES string of the molecule is C=C1C=C(CCCC(=O)CO[C@H]2CC[C@H]3[C@@H]4CC[C@H]5CC(=O)CC[C@]5(C)[C@H]4CC[C@]23C)c2ccc(N3CCN(C)CC3)cc2O1. The molecule has 2 aliphatic heterocycles. The number of benzene rings is 1. The van der Waals surface area contributed by atoms with Gasteiger partial charge in [-0.1, -0.05) is 20.4 Å². The van der Waals surface area contributed by atoms with Gasteiger partial charge in [-0.25, -0.2) is 0 Å². The maximum Gasteiger partial charge on any atom is 0.158 e. The van der Waals surface area contributed by atoms with Gasteiger partial charge < -0.3 is 19.3 Å². The minimum Gasteiger partial charge on any atom is -0.457 e. The maximum atomic E-state index is 13.1. The molecule has 4 aliphatic carbocycles. The first-order valence-corrected chi connectivity index (χ1v) is 17.9. The topological polar surface area (TPSA) is 59.1 Å². The Bertz CT molecular complexity index is 1360. The largest absolute Gasteiger partial charge is 0.457 e. The van der Waals surface area contributed by atoms with Gasteiger partial charge in [0, 0.05) is 62.8 Å². The summed E-state index contributed by atoms with van der Waals surface area (Å²) < 4.78 is 12.6. The van der Waals surface area contributed by atoms with Gasteiger partial charge in [-0.3, -0.25) is 9.59 Å². The standard InChI is InChI=1S/C39H54N2O4/c1-26-22-27(32-11-9-29(24-36(32)45-26)41-20-18-40(4)19-21-41)6-5-7-31(43)25-44-37-13-12-34-33-10-8-28-23-30(42)14-16-38(28,2)35(33)15-17-39(34,37)3/h9,11,22,24,28,33-35,37H,1,5-8,10,12-21,23,25H2,2-4H3/t28-,33-,34-,35-,37-,38-,39-/m0/s1. The monoisotopic (exact) mass is 614 g/mol. The highest BCUT2D eigenvalue weighted by Crippen LogP contribution is 2.66. The number of hydrogen-bond acceptors (Lipinski definition) is 6. The van der Waals surface area contributed by atoms with Crippen molar-refractivity contribution >= 4 is 22.8 Å². The van der Waals surface area contributed by atoms with E-state index < -0.39 is 0 Å². The molecule has 45 heavy (non-hydrogen) atoms. The zero-order chi connectivity index (χ0) is 31.3. The van der Waals surface area contributed by atoms with Crippen LogP contribution in [0.15, 0.2) is 36.6 Å². The molecule has 0 aromatic heterocycles. The van der Waals surface area contributed by atoms with E-state index in [4.69, 9.17) is 9.47 Å². The zero-order valence-electron chi connectivity index (χ0n) is 28.0. The summed E-state index contributed by atoms with van der Waals surface area (Å²) in [5.74, 6) is 5.05. The fourth-order valence-electron chi connectivity index (χ4n) is 10.8. The predicted octanol–water partition coefficient (Wildman–Crippen LogP) is 7.46. The Kier molecular flexibility index (Phi) is 8.52. The zero-order valence-corrected chi connectivity index (χ0v) is 28.0. The van der Waals surface area contributed by atoms with Crippen LogP contribution in [0.1, 0.15) is 96.5 Å². The summed E-state index contributed by atoms with van der Waals surface area (Å²) in [6.07, 6.45) is 14.4. The molecule has 2 heterocycles. The molecule has 0 bridgehead atoms. The lowest BCUT2D eigenvalue weighted by Crippen LogP contribution is -2.54. The van der Waals surface area contributed by atoms with E-state index in [1.54, 1.807) is 0 Å². The Morgan fingerprint density at radius 2 is 1.82 bits per heavy atom. The van der Waals surface area contributed by atoms with Crippen molar-refractivity contribution in [1.29, 1.82) is 0 Å². The van der Waals surface area contributed by atoms with Crippen molar-refractivity contribution in [2.24, 2.45) is 34.5 Å². The van der Waals surface area contributed by atoms with Crippen molar-refractivity contribution in [3.63, 3.8) is 0 Å². The Balaban J connectivity index is 0.910. The lowest BCUT2D eigenvalue weighted by atomic mass is 9.45. The highest BCUT2D eigenvalue weighted by molar-refractivity contribution is 5.81. The molecule has 6 heteroatoms. The van der Waals surface area contributed by atoms with Gasteiger partial charge in [0.1, 0.15) is 23.9 Å². The van der Waals surface area contributed by atoms with Crippen LogP contribution in [-0.2, 0) is 14.3 Å². The number of rotatable bonds is 8. The average Bonchev–Trinajstić information content (AvgIpc) is 3.36. The third kappa shape index (κ3) is 5.84. The molecule has 4 saturated carbocycles. The minimum absolute atomic E-state index is 0.176. The summed E-state index contributed by atoms with van der Waals surface area (Å²) in [5, 5.41) is 0. The van der Waals surface area contributed by atoms with Crippen molar-refractivity contribution < 1.29 is 19.1 Å². The number of Topliss-reactive ketones (excluding diaryl/α,β-unsaturated/α-hetero) is 2. The van der Waals surface area contributed by atoms with Gasteiger partial charge in [-0.15, -0.1) is 0 Å². The molecule has 6 nitrogen and oxygen atoms in total. The molecule has 1 aromatic carbocycles.